The zero-order chi connectivity index (χ0) is 21.7. The summed E-state index contributed by atoms with van der Waals surface area (Å²) in [5.74, 6) is -0.347. The van der Waals surface area contributed by atoms with Gasteiger partial charge in [-0.05, 0) is 43.5 Å². The van der Waals surface area contributed by atoms with E-state index in [0.29, 0.717) is 6.42 Å². The van der Waals surface area contributed by atoms with Crippen molar-refractivity contribution in [1.82, 2.24) is 0 Å². The molecular weight excluding hydrogens is 412 g/mol. The Morgan fingerprint density at radius 2 is 1.10 bits per heavy atom. The van der Waals surface area contributed by atoms with E-state index in [1.54, 1.807) is 50.2 Å². The summed E-state index contributed by atoms with van der Waals surface area (Å²) in [6.07, 6.45) is -1.08. The summed E-state index contributed by atoms with van der Waals surface area (Å²) in [6, 6.07) is 15.7. The van der Waals surface area contributed by atoms with E-state index in [4.69, 9.17) is 8.37 Å². The van der Waals surface area contributed by atoms with Gasteiger partial charge < -0.3 is 0 Å². The Hall–Kier alpha value is -1.74. The third-order valence-electron chi connectivity index (χ3n) is 4.62. The Labute approximate surface area is 174 Å². The summed E-state index contributed by atoms with van der Waals surface area (Å²) in [4.78, 5) is 0.115. The fraction of sp³-hybridized carbons (Fsp3) is 0.429. The van der Waals surface area contributed by atoms with E-state index in [0.717, 1.165) is 0 Å². The highest BCUT2D eigenvalue weighted by Gasteiger charge is 2.33. The molecule has 8 heteroatoms. The molecule has 6 nitrogen and oxygen atoms in total. The molecule has 0 bridgehead atoms. The summed E-state index contributed by atoms with van der Waals surface area (Å²) < 4.78 is 61.3. The van der Waals surface area contributed by atoms with Crippen LogP contribution in [0.1, 0.15) is 34.1 Å². The largest absolute Gasteiger partial charge is 0.297 e. The van der Waals surface area contributed by atoms with Crippen LogP contribution >= 0.6 is 0 Å². The second kappa shape index (κ2) is 9.84. The predicted octanol–water partition coefficient (Wildman–Crippen LogP) is 4.24. The molecule has 160 valence electrons. The Morgan fingerprint density at radius 1 is 0.690 bits per heavy atom. The molecule has 2 aromatic carbocycles. The lowest BCUT2D eigenvalue weighted by Gasteiger charge is -2.29. The molecule has 3 unspecified atom stereocenters. The van der Waals surface area contributed by atoms with Crippen LogP contribution in [0.3, 0.4) is 0 Å². The second-order valence-corrected chi connectivity index (χ2v) is 10.6. The van der Waals surface area contributed by atoms with Crippen molar-refractivity contribution in [2.75, 3.05) is 0 Å². The molecule has 0 saturated carbocycles. The van der Waals surface area contributed by atoms with Crippen LogP contribution in [0.25, 0.3) is 0 Å². The molecule has 2 aromatic rings. The number of benzene rings is 2. The van der Waals surface area contributed by atoms with Gasteiger partial charge in [-0.25, -0.2) is 0 Å². The van der Waals surface area contributed by atoms with Gasteiger partial charge in [0.25, 0.3) is 20.2 Å². The van der Waals surface area contributed by atoms with Crippen LogP contribution in [0, 0.1) is 11.8 Å². The minimum absolute atomic E-state index is 0.0530. The minimum atomic E-state index is -3.98. The third-order valence-corrected chi connectivity index (χ3v) is 7.38. The molecule has 0 aliphatic heterocycles. The molecular formula is C21H28O6S2. The van der Waals surface area contributed by atoms with Gasteiger partial charge in [0.15, 0.2) is 0 Å². The molecule has 0 radical (unpaired) electrons. The normalized spacial score (nSPS) is 15.8. The van der Waals surface area contributed by atoms with Gasteiger partial charge in [0.1, 0.15) is 0 Å². The Kier molecular flexibility index (Phi) is 7.99. The molecule has 0 amide bonds. The van der Waals surface area contributed by atoms with Gasteiger partial charge >= 0.3 is 0 Å². The standard InChI is InChI=1S/C21H28O6S2/c1-16(2)15-21(27-29(24,25)20-13-9-6-10-14-20)17(3)18(4)26-28(22,23)19-11-7-5-8-12-19/h5-14,16-18,21H,15H2,1-4H3. The Balaban J connectivity index is 2.21. The highest BCUT2D eigenvalue weighted by Crippen LogP contribution is 2.27. The first kappa shape index (κ1) is 23.5. The van der Waals surface area contributed by atoms with E-state index in [1.807, 2.05) is 13.8 Å². The van der Waals surface area contributed by atoms with Crippen molar-refractivity contribution in [2.24, 2.45) is 11.8 Å². The number of hydrogen-bond acceptors (Lipinski definition) is 6. The van der Waals surface area contributed by atoms with Crippen molar-refractivity contribution in [3.8, 4) is 0 Å². The maximum Gasteiger partial charge on any atom is 0.297 e. The van der Waals surface area contributed by atoms with Crippen LogP contribution in [0.15, 0.2) is 70.5 Å². The van der Waals surface area contributed by atoms with E-state index >= 15 is 0 Å². The van der Waals surface area contributed by atoms with Gasteiger partial charge in [0.05, 0.1) is 22.0 Å². The van der Waals surface area contributed by atoms with Crippen LogP contribution in [0.4, 0.5) is 0 Å². The summed E-state index contributed by atoms with van der Waals surface area (Å²) >= 11 is 0. The number of hydrogen-bond donors (Lipinski definition) is 0. The van der Waals surface area contributed by atoms with Crippen molar-refractivity contribution in [3.63, 3.8) is 0 Å². The fourth-order valence-corrected chi connectivity index (χ4v) is 5.20. The van der Waals surface area contributed by atoms with E-state index in [9.17, 15) is 16.8 Å². The van der Waals surface area contributed by atoms with E-state index < -0.39 is 38.4 Å². The van der Waals surface area contributed by atoms with Gasteiger partial charge in [0, 0.05) is 5.92 Å². The van der Waals surface area contributed by atoms with Crippen LogP contribution in [0.5, 0.6) is 0 Å². The Morgan fingerprint density at radius 3 is 1.52 bits per heavy atom. The Bertz CT molecular complexity index is 970. The maximum atomic E-state index is 12.7. The summed E-state index contributed by atoms with van der Waals surface area (Å²) in [7, 11) is -7.95. The lowest BCUT2D eigenvalue weighted by molar-refractivity contribution is 0.0551. The molecule has 29 heavy (non-hydrogen) atoms. The molecule has 0 aliphatic rings. The topological polar surface area (TPSA) is 86.7 Å². The monoisotopic (exact) mass is 440 g/mol. The van der Waals surface area contributed by atoms with Gasteiger partial charge in [-0.3, -0.25) is 8.37 Å². The lowest BCUT2D eigenvalue weighted by atomic mass is 9.92. The van der Waals surface area contributed by atoms with E-state index in [2.05, 4.69) is 0 Å². The molecule has 0 spiro atoms. The van der Waals surface area contributed by atoms with Crippen LogP contribution in [-0.2, 0) is 28.6 Å². The molecule has 0 saturated heterocycles. The van der Waals surface area contributed by atoms with E-state index in [-0.39, 0.29) is 15.7 Å². The summed E-state index contributed by atoms with van der Waals surface area (Å²) in [5.41, 5.74) is 0. The predicted molar refractivity (Wildman–Crippen MR) is 111 cm³/mol. The average Bonchev–Trinajstić information content (AvgIpc) is 2.67. The third kappa shape index (κ3) is 6.64. The first-order valence-corrected chi connectivity index (χ1v) is 12.3. The molecule has 0 aliphatic carbocycles. The molecule has 0 heterocycles. The quantitative estimate of drug-likeness (QED) is 0.514. The maximum absolute atomic E-state index is 12.7. The smallest absolute Gasteiger partial charge is 0.263 e. The molecule has 2 rings (SSSR count). The number of rotatable bonds is 10. The van der Waals surface area contributed by atoms with Gasteiger partial charge in [-0.15, -0.1) is 0 Å². The van der Waals surface area contributed by atoms with Crippen molar-refractivity contribution in [3.05, 3.63) is 60.7 Å². The SMILES string of the molecule is CC(C)CC(OS(=O)(=O)c1ccccc1)C(C)C(C)OS(=O)(=O)c1ccccc1. The van der Waals surface area contributed by atoms with Crippen molar-refractivity contribution < 1.29 is 25.2 Å². The van der Waals surface area contributed by atoms with Crippen molar-refractivity contribution in [1.29, 1.82) is 0 Å². The average molecular weight is 441 g/mol. The second-order valence-electron chi connectivity index (χ2n) is 7.46. The molecule has 0 aromatic heterocycles. The minimum Gasteiger partial charge on any atom is -0.263 e. The first-order valence-electron chi connectivity index (χ1n) is 9.49. The van der Waals surface area contributed by atoms with Gasteiger partial charge in [0.2, 0.25) is 0 Å². The molecule has 0 N–H and O–H groups in total. The van der Waals surface area contributed by atoms with Gasteiger partial charge in [-0.2, -0.15) is 16.8 Å². The first-order chi connectivity index (χ1) is 13.5. The lowest BCUT2D eigenvalue weighted by Crippen LogP contribution is -2.35. The molecule has 0 fully saturated rings. The molecule has 3 atom stereocenters. The van der Waals surface area contributed by atoms with Crippen molar-refractivity contribution >= 4 is 20.2 Å². The van der Waals surface area contributed by atoms with E-state index in [1.165, 1.54) is 24.3 Å². The highest BCUT2D eigenvalue weighted by atomic mass is 32.2. The van der Waals surface area contributed by atoms with Crippen LogP contribution in [0.2, 0.25) is 0 Å². The highest BCUT2D eigenvalue weighted by molar-refractivity contribution is 7.87. The zero-order valence-corrected chi connectivity index (χ0v) is 18.7. The summed E-state index contributed by atoms with van der Waals surface area (Å²) in [5, 5.41) is 0. The zero-order valence-electron chi connectivity index (χ0n) is 17.1. The van der Waals surface area contributed by atoms with Crippen LogP contribution < -0.4 is 0 Å². The fourth-order valence-electron chi connectivity index (χ4n) is 2.84. The summed E-state index contributed by atoms with van der Waals surface area (Å²) in [6.45, 7) is 7.24. The van der Waals surface area contributed by atoms with Gasteiger partial charge in [-0.1, -0.05) is 57.2 Å². The van der Waals surface area contributed by atoms with Crippen molar-refractivity contribution in [2.45, 2.75) is 56.1 Å². The van der Waals surface area contributed by atoms with Crippen LogP contribution in [-0.4, -0.2) is 29.0 Å².